The number of nitrogens with two attached hydrogens (primary N) is 1. The van der Waals surface area contributed by atoms with E-state index in [1.807, 2.05) is 56.9 Å². The fourth-order valence-electron chi connectivity index (χ4n) is 3.45. The maximum Gasteiger partial charge on any atom is 0.254 e. The lowest BCUT2D eigenvalue weighted by molar-refractivity contribution is 0.0643. The fraction of sp³-hybridized carbons (Fsp3) is 0.440. The van der Waals surface area contributed by atoms with Crippen molar-refractivity contribution in [2.45, 2.75) is 59.0 Å². The third-order valence-electron chi connectivity index (χ3n) is 4.94. The maximum absolute atomic E-state index is 12.8. The number of hydrazone groups is 1. The third-order valence-corrected chi connectivity index (χ3v) is 5.24. The van der Waals surface area contributed by atoms with Gasteiger partial charge in [0, 0.05) is 17.6 Å². The Labute approximate surface area is 208 Å². The number of rotatable bonds is 12. The first kappa shape index (κ1) is 28.6. The lowest BCUT2D eigenvalue weighted by Crippen LogP contribution is -2.42. The van der Waals surface area contributed by atoms with Crippen LogP contribution in [0.15, 0.2) is 47.6 Å². The Bertz CT molecular complexity index is 879. The van der Waals surface area contributed by atoms with Crippen molar-refractivity contribution in [1.29, 1.82) is 0 Å². The molecule has 0 radical (unpaired) electrons. The molecule has 2 rings (SSSR count). The van der Waals surface area contributed by atoms with E-state index in [0.29, 0.717) is 29.5 Å². The van der Waals surface area contributed by atoms with Gasteiger partial charge in [0.2, 0.25) is 0 Å². The van der Waals surface area contributed by atoms with Crippen molar-refractivity contribution in [3.05, 3.63) is 58.6 Å². The predicted octanol–water partition coefficient (Wildman–Crippen LogP) is 5.94. The van der Waals surface area contributed by atoms with Crippen molar-refractivity contribution in [2.75, 3.05) is 13.2 Å². The highest BCUT2D eigenvalue weighted by Crippen LogP contribution is 2.27. The zero-order valence-corrected chi connectivity index (χ0v) is 21.4. The molecule has 0 saturated heterocycles. The number of carbonyl (C=O) groups is 1. The SMILES string of the molecule is CC(C)N(C(=O)c1ccc(OCCCCCOc2ccc(C=NN)cc2)c(Cl)c1)C(C)C.Cl. The summed E-state index contributed by atoms with van der Waals surface area (Å²) in [6.45, 7) is 9.24. The van der Waals surface area contributed by atoms with E-state index in [-0.39, 0.29) is 30.4 Å². The molecule has 2 N–H and O–H groups in total. The van der Waals surface area contributed by atoms with E-state index in [0.717, 1.165) is 30.6 Å². The van der Waals surface area contributed by atoms with Crippen LogP contribution in [0.1, 0.15) is 62.9 Å². The average Bonchev–Trinajstić information content (AvgIpc) is 2.74. The molecule has 0 spiro atoms. The summed E-state index contributed by atoms with van der Waals surface area (Å²) in [5, 5.41) is 3.95. The lowest BCUT2D eigenvalue weighted by atomic mass is 10.1. The molecular formula is C25H35Cl2N3O3. The zero-order chi connectivity index (χ0) is 23.5. The minimum Gasteiger partial charge on any atom is -0.494 e. The van der Waals surface area contributed by atoms with E-state index in [9.17, 15) is 4.79 Å². The van der Waals surface area contributed by atoms with E-state index in [1.165, 1.54) is 0 Å². The molecule has 0 heterocycles. The van der Waals surface area contributed by atoms with Crippen molar-refractivity contribution >= 4 is 36.1 Å². The largest absolute Gasteiger partial charge is 0.494 e. The van der Waals surface area contributed by atoms with E-state index in [4.69, 9.17) is 26.9 Å². The second-order valence-electron chi connectivity index (χ2n) is 8.15. The highest BCUT2D eigenvalue weighted by Gasteiger charge is 2.22. The normalized spacial score (nSPS) is 11.0. The van der Waals surface area contributed by atoms with Gasteiger partial charge in [-0.3, -0.25) is 4.79 Å². The van der Waals surface area contributed by atoms with Crippen molar-refractivity contribution in [1.82, 2.24) is 4.90 Å². The summed E-state index contributed by atoms with van der Waals surface area (Å²) in [6, 6.07) is 13.1. The Balaban J connectivity index is 0.00000544. The second kappa shape index (κ2) is 14.7. The summed E-state index contributed by atoms with van der Waals surface area (Å²) in [5.74, 6) is 6.54. The molecule has 6 nitrogen and oxygen atoms in total. The van der Waals surface area contributed by atoms with Crippen LogP contribution in [0, 0.1) is 0 Å². The summed E-state index contributed by atoms with van der Waals surface area (Å²) in [5.41, 5.74) is 1.51. The molecule has 2 aromatic rings. The monoisotopic (exact) mass is 495 g/mol. The van der Waals surface area contributed by atoms with Gasteiger partial charge in [-0.25, -0.2) is 0 Å². The number of halogens is 2. The van der Waals surface area contributed by atoms with Crippen molar-refractivity contribution in [2.24, 2.45) is 10.9 Å². The Morgan fingerprint density at radius 2 is 1.61 bits per heavy atom. The molecule has 0 aliphatic rings. The van der Waals surface area contributed by atoms with Gasteiger partial charge in [-0.05, 0) is 95.0 Å². The lowest BCUT2D eigenvalue weighted by Gasteiger charge is -2.31. The van der Waals surface area contributed by atoms with Crippen molar-refractivity contribution < 1.29 is 14.3 Å². The Hall–Kier alpha value is -2.44. The van der Waals surface area contributed by atoms with Crippen LogP contribution in [0.4, 0.5) is 0 Å². The number of hydrogen-bond donors (Lipinski definition) is 1. The number of nitrogens with zero attached hydrogens (tertiary/aromatic N) is 2. The van der Waals surface area contributed by atoms with Gasteiger partial charge in [-0.15, -0.1) is 12.4 Å². The topological polar surface area (TPSA) is 77.2 Å². The second-order valence-corrected chi connectivity index (χ2v) is 8.56. The number of amides is 1. The van der Waals surface area contributed by atoms with Crippen molar-refractivity contribution in [3.8, 4) is 11.5 Å². The maximum atomic E-state index is 12.8. The molecule has 0 aliphatic heterocycles. The third kappa shape index (κ3) is 9.14. The minimum absolute atomic E-state index is 0. The molecule has 0 saturated carbocycles. The molecule has 1 amide bonds. The molecule has 2 aromatic carbocycles. The molecule has 8 heteroatoms. The molecule has 0 aromatic heterocycles. The van der Waals surface area contributed by atoms with Crippen molar-refractivity contribution in [3.63, 3.8) is 0 Å². The standard InChI is InChI=1S/C25H34ClN3O3.ClH/c1-18(2)29(19(3)4)25(30)21-10-13-24(23(26)16-21)32-15-7-5-6-14-31-22-11-8-20(9-12-22)17-28-27;/h8-13,16-19H,5-7,14-15,27H2,1-4H3;1H. The van der Waals surface area contributed by atoms with Crippen LogP contribution in [-0.4, -0.2) is 42.3 Å². The first-order chi connectivity index (χ1) is 15.3. The summed E-state index contributed by atoms with van der Waals surface area (Å²) < 4.78 is 11.5. The van der Waals surface area contributed by atoms with E-state index in [1.54, 1.807) is 24.4 Å². The number of unbranched alkanes of at least 4 members (excludes halogenated alkanes) is 2. The van der Waals surface area contributed by atoms with Gasteiger partial charge in [0.1, 0.15) is 11.5 Å². The van der Waals surface area contributed by atoms with Crippen LogP contribution in [0.3, 0.4) is 0 Å². The number of hydrogen-bond acceptors (Lipinski definition) is 5. The van der Waals surface area contributed by atoms with Crippen LogP contribution >= 0.6 is 24.0 Å². The highest BCUT2D eigenvalue weighted by molar-refractivity contribution is 6.32. The van der Waals surface area contributed by atoms with Crippen LogP contribution in [0.2, 0.25) is 5.02 Å². The summed E-state index contributed by atoms with van der Waals surface area (Å²) in [6.07, 6.45) is 4.38. The van der Waals surface area contributed by atoms with Gasteiger partial charge < -0.3 is 20.2 Å². The van der Waals surface area contributed by atoms with Gasteiger partial charge in [-0.1, -0.05) is 11.6 Å². The summed E-state index contributed by atoms with van der Waals surface area (Å²) in [4.78, 5) is 14.6. The first-order valence-electron chi connectivity index (χ1n) is 11.0. The number of ether oxygens (including phenoxy) is 2. The molecule has 0 aliphatic carbocycles. The smallest absolute Gasteiger partial charge is 0.254 e. The molecular weight excluding hydrogens is 461 g/mol. The summed E-state index contributed by atoms with van der Waals surface area (Å²) >= 11 is 6.37. The molecule has 33 heavy (non-hydrogen) atoms. The van der Waals surface area contributed by atoms with E-state index in [2.05, 4.69) is 5.10 Å². The average molecular weight is 496 g/mol. The van der Waals surface area contributed by atoms with Gasteiger partial charge in [0.05, 0.1) is 24.5 Å². The first-order valence-corrected chi connectivity index (χ1v) is 11.4. The van der Waals surface area contributed by atoms with Crippen LogP contribution in [0.25, 0.3) is 0 Å². The Morgan fingerprint density at radius 1 is 1.00 bits per heavy atom. The van der Waals surface area contributed by atoms with Crippen LogP contribution in [-0.2, 0) is 0 Å². The quantitative estimate of drug-likeness (QED) is 0.171. The van der Waals surface area contributed by atoms with Gasteiger partial charge in [0.15, 0.2) is 0 Å². The number of carbonyl (C=O) groups excluding carboxylic acids is 1. The Morgan fingerprint density at radius 3 is 2.15 bits per heavy atom. The Kier molecular flexibility index (Phi) is 12.7. The highest BCUT2D eigenvalue weighted by atomic mass is 35.5. The van der Waals surface area contributed by atoms with Gasteiger partial charge >= 0.3 is 0 Å². The van der Waals surface area contributed by atoms with E-state index >= 15 is 0 Å². The minimum atomic E-state index is -0.0226. The van der Waals surface area contributed by atoms with Gasteiger partial charge in [0.25, 0.3) is 5.91 Å². The molecule has 182 valence electrons. The molecule has 0 bridgehead atoms. The number of benzene rings is 2. The zero-order valence-electron chi connectivity index (χ0n) is 19.8. The fourth-order valence-corrected chi connectivity index (χ4v) is 3.69. The molecule has 0 atom stereocenters. The predicted molar refractivity (Wildman–Crippen MR) is 138 cm³/mol. The van der Waals surface area contributed by atoms with Crippen LogP contribution < -0.4 is 15.3 Å². The molecule has 0 fully saturated rings. The summed E-state index contributed by atoms with van der Waals surface area (Å²) in [7, 11) is 0. The van der Waals surface area contributed by atoms with E-state index < -0.39 is 0 Å². The van der Waals surface area contributed by atoms with Crippen LogP contribution in [0.5, 0.6) is 11.5 Å². The molecule has 0 unspecified atom stereocenters. The van der Waals surface area contributed by atoms with Gasteiger partial charge in [-0.2, -0.15) is 5.10 Å².